The van der Waals surface area contributed by atoms with Gasteiger partial charge in [0.05, 0.1) is 17.2 Å². The maximum Gasteiger partial charge on any atom is 0.257 e. The minimum Gasteiger partial charge on any atom is -0.383 e. The number of fused-ring (bicyclic) bond motifs is 2. The fourth-order valence-electron chi connectivity index (χ4n) is 3.54. The number of anilines is 1. The Bertz CT molecular complexity index is 1300. The van der Waals surface area contributed by atoms with Crippen LogP contribution in [0.5, 0.6) is 0 Å². The van der Waals surface area contributed by atoms with E-state index in [2.05, 4.69) is 22.3 Å². The number of halogens is 1. The van der Waals surface area contributed by atoms with E-state index in [1.54, 1.807) is 18.3 Å². The summed E-state index contributed by atoms with van der Waals surface area (Å²) in [6.07, 6.45) is 5.90. The largest absolute Gasteiger partial charge is 0.383 e. The second-order valence-corrected chi connectivity index (χ2v) is 8.01. The zero-order chi connectivity index (χ0) is 22.5. The maximum atomic E-state index is 13.0. The van der Waals surface area contributed by atoms with Crippen LogP contribution in [0.2, 0.25) is 5.02 Å². The summed E-state index contributed by atoms with van der Waals surface area (Å²) in [4.78, 5) is 22.4. The lowest BCUT2D eigenvalue weighted by Gasteiger charge is -2.05. The van der Waals surface area contributed by atoms with Crippen LogP contribution in [0.4, 0.5) is 5.82 Å². The smallest absolute Gasteiger partial charge is 0.257 e. The molecule has 8 heteroatoms. The van der Waals surface area contributed by atoms with Gasteiger partial charge in [-0.3, -0.25) is 4.79 Å². The van der Waals surface area contributed by atoms with Crippen LogP contribution >= 0.6 is 11.6 Å². The van der Waals surface area contributed by atoms with Crippen molar-refractivity contribution in [2.45, 2.75) is 32.6 Å². The Hall–Kier alpha value is -3.45. The molecule has 0 fully saturated rings. The molecule has 2 heterocycles. The standard InChI is InChI=1S/C24H25ClN6O/c1-2-3-4-7-13-27-24(32)20-21-23(30-19-12-6-5-11-18(19)29-21)31(22(20)26)28-15-16-9-8-10-17(25)14-16/h5-6,8-12,14-15H,2-4,7,13,26H2,1H3,(H,27,32). The number of nitrogens with zero attached hydrogens (tertiary/aromatic N) is 4. The third-order valence-corrected chi connectivity index (χ3v) is 5.42. The van der Waals surface area contributed by atoms with Crippen LogP contribution in [0.3, 0.4) is 0 Å². The topological polar surface area (TPSA) is 98.2 Å². The van der Waals surface area contributed by atoms with Gasteiger partial charge in [0.1, 0.15) is 16.9 Å². The van der Waals surface area contributed by atoms with E-state index in [9.17, 15) is 4.79 Å². The third kappa shape index (κ3) is 4.57. The highest BCUT2D eigenvalue weighted by Crippen LogP contribution is 2.28. The molecule has 0 radical (unpaired) electrons. The van der Waals surface area contributed by atoms with Crippen molar-refractivity contribution in [3.63, 3.8) is 0 Å². The average molecular weight is 449 g/mol. The second kappa shape index (κ2) is 9.78. The molecule has 4 aromatic rings. The molecule has 7 nitrogen and oxygen atoms in total. The summed E-state index contributed by atoms with van der Waals surface area (Å²) in [6.45, 7) is 2.73. The minimum atomic E-state index is -0.273. The van der Waals surface area contributed by atoms with Gasteiger partial charge < -0.3 is 11.1 Å². The number of amides is 1. The molecule has 0 aliphatic rings. The Kier molecular flexibility index (Phi) is 6.66. The fraction of sp³-hybridized carbons (Fsp3) is 0.250. The molecule has 1 amide bonds. The molecule has 0 atom stereocenters. The van der Waals surface area contributed by atoms with Crippen LogP contribution in [0, 0.1) is 0 Å². The molecule has 0 aliphatic heterocycles. The summed E-state index contributed by atoms with van der Waals surface area (Å²) < 4.78 is 1.46. The van der Waals surface area contributed by atoms with Crippen molar-refractivity contribution >= 4 is 51.7 Å². The molecule has 3 N–H and O–H groups in total. The monoisotopic (exact) mass is 448 g/mol. The number of para-hydroxylation sites is 2. The first-order valence-corrected chi connectivity index (χ1v) is 11.1. The van der Waals surface area contributed by atoms with Crippen LogP contribution in [0.15, 0.2) is 53.6 Å². The molecule has 0 unspecified atom stereocenters. The Balaban J connectivity index is 1.76. The maximum absolute atomic E-state index is 13.0. The van der Waals surface area contributed by atoms with Crippen LogP contribution in [-0.2, 0) is 0 Å². The molecule has 2 aromatic heterocycles. The van der Waals surface area contributed by atoms with Crippen molar-refractivity contribution in [1.29, 1.82) is 0 Å². The summed E-state index contributed by atoms with van der Waals surface area (Å²) in [5.74, 6) is -0.0788. The molecule has 0 saturated heterocycles. The lowest BCUT2D eigenvalue weighted by atomic mass is 10.2. The first kappa shape index (κ1) is 21.8. The average Bonchev–Trinajstić information content (AvgIpc) is 3.06. The first-order valence-electron chi connectivity index (χ1n) is 10.7. The van der Waals surface area contributed by atoms with Gasteiger partial charge in [-0.25, -0.2) is 9.97 Å². The van der Waals surface area contributed by atoms with Crippen molar-refractivity contribution in [3.8, 4) is 0 Å². The lowest BCUT2D eigenvalue weighted by molar-refractivity contribution is 0.0955. The highest BCUT2D eigenvalue weighted by molar-refractivity contribution is 6.30. The van der Waals surface area contributed by atoms with E-state index in [-0.39, 0.29) is 17.3 Å². The van der Waals surface area contributed by atoms with E-state index in [0.717, 1.165) is 31.2 Å². The highest BCUT2D eigenvalue weighted by Gasteiger charge is 2.23. The van der Waals surface area contributed by atoms with Gasteiger partial charge in [0.25, 0.3) is 5.91 Å². The van der Waals surface area contributed by atoms with E-state index in [1.165, 1.54) is 4.68 Å². The lowest BCUT2D eigenvalue weighted by Crippen LogP contribution is -2.25. The number of benzene rings is 2. The molecular formula is C24H25ClN6O. The van der Waals surface area contributed by atoms with E-state index < -0.39 is 0 Å². The Labute approximate surface area is 191 Å². The number of unbranched alkanes of at least 4 members (excludes halogenated alkanes) is 3. The third-order valence-electron chi connectivity index (χ3n) is 5.19. The van der Waals surface area contributed by atoms with Crippen molar-refractivity contribution in [1.82, 2.24) is 20.0 Å². The Morgan fingerprint density at radius 2 is 1.91 bits per heavy atom. The number of nitrogens with one attached hydrogen (secondary N) is 1. The number of hydrogen-bond donors (Lipinski definition) is 2. The molecule has 164 valence electrons. The normalized spacial score (nSPS) is 11.6. The molecule has 2 aromatic carbocycles. The summed E-state index contributed by atoms with van der Waals surface area (Å²) in [5.41, 5.74) is 9.74. The van der Waals surface area contributed by atoms with Gasteiger partial charge >= 0.3 is 0 Å². The minimum absolute atomic E-state index is 0.194. The number of nitrogen functional groups attached to an aromatic ring is 1. The molecular weight excluding hydrogens is 424 g/mol. The van der Waals surface area contributed by atoms with Crippen LogP contribution < -0.4 is 11.1 Å². The summed E-state index contributed by atoms with van der Waals surface area (Å²) >= 11 is 6.08. The van der Waals surface area contributed by atoms with E-state index in [1.807, 2.05) is 36.4 Å². The zero-order valence-corrected chi connectivity index (χ0v) is 18.6. The Morgan fingerprint density at radius 1 is 1.12 bits per heavy atom. The number of nitrogens with two attached hydrogens (primary N) is 1. The van der Waals surface area contributed by atoms with Gasteiger partial charge in [-0.15, -0.1) is 0 Å². The van der Waals surface area contributed by atoms with Crippen molar-refractivity contribution in [2.24, 2.45) is 5.10 Å². The summed E-state index contributed by atoms with van der Waals surface area (Å²) in [7, 11) is 0. The van der Waals surface area contributed by atoms with Crippen LogP contribution in [0.1, 0.15) is 48.5 Å². The number of carbonyl (C=O) groups excluding carboxylic acids is 1. The number of carbonyl (C=O) groups is 1. The van der Waals surface area contributed by atoms with Gasteiger partial charge in [-0.1, -0.05) is 62.1 Å². The van der Waals surface area contributed by atoms with Crippen LogP contribution in [-0.4, -0.2) is 33.3 Å². The van der Waals surface area contributed by atoms with Gasteiger partial charge in [0, 0.05) is 11.6 Å². The molecule has 0 saturated carbocycles. The van der Waals surface area contributed by atoms with E-state index in [4.69, 9.17) is 22.3 Å². The first-order chi connectivity index (χ1) is 15.6. The predicted molar refractivity (Wildman–Crippen MR) is 130 cm³/mol. The van der Waals surface area contributed by atoms with E-state index in [0.29, 0.717) is 33.8 Å². The molecule has 0 bridgehead atoms. The van der Waals surface area contributed by atoms with Crippen molar-refractivity contribution in [2.75, 3.05) is 12.3 Å². The van der Waals surface area contributed by atoms with Crippen molar-refractivity contribution < 1.29 is 4.79 Å². The Morgan fingerprint density at radius 3 is 2.66 bits per heavy atom. The quantitative estimate of drug-likeness (QED) is 0.292. The molecule has 0 spiro atoms. The summed E-state index contributed by atoms with van der Waals surface area (Å²) in [5, 5.41) is 8.07. The van der Waals surface area contributed by atoms with Crippen LogP contribution in [0.25, 0.3) is 22.2 Å². The van der Waals surface area contributed by atoms with Gasteiger partial charge in [-0.2, -0.15) is 9.78 Å². The second-order valence-electron chi connectivity index (χ2n) is 7.57. The zero-order valence-electron chi connectivity index (χ0n) is 17.9. The van der Waals surface area contributed by atoms with Crippen molar-refractivity contribution in [3.05, 3.63) is 64.7 Å². The molecule has 4 rings (SSSR count). The summed E-state index contributed by atoms with van der Waals surface area (Å²) in [6, 6.07) is 14.8. The molecule has 0 aliphatic carbocycles. The predicted octanol–water partition coefficient (Wildman–Crippen LogP) is 5.01. The molecule has 32 heavy (non-hydrogen) atoms. The van der Waals surface area contributed by atoms with Gasteiger partial charge in [0.2, 0.25) is 0 Å². The number of hydrogen-bond acceptors (Lipinski definition) is 5. The highest BCUT2D eigenvalue weighted by atomic mass is 35.5. The SMILES string of the molecule is CCCCCCNC(=O)c1c(N)n(N=Cc2cccc(Cl)c2)c2nc3ccccc3nc12. The fourth-order valence-corrected chi connectivity index (χ4v) is 3.74. The number of rotatable bonds is 8. The van der Waals surface area contributed by atoms with Gasteiger partial charge in [-0.05, 0) is 36.2 Å². The number of aromatic nitrogens is 3. The van der Waals surface area contributed by atoms with Gasteiger partial charge in [0.15, 0.2) is 5.65 Å². The van der Waals surface area contributed by atoms with E-state index >= 15 is 0 Å².